The van der Waals surface area contributed by atoms with Crippen LogP contribution in [0, 0.1) is 6.92 Å². The third-order valence-electron chi connectivity index (χ3n) is 3.71. The van der Waals surface area contributed by atoms with Gasteiger partial charge in [-0.15, -0.1) is 11.3 Å². The Labute approximate surface area is 112 Å². The van der Waals surface area contributed by atoms with Crippen LogP contribution in [-0.4, -0.2) is 42.0 Å². The molecule has 18 heavy (non-hydrogen) atoms. The highest BCUT2D eigenvalue weighted by Crippen LogP contribution is 2.34. The zero-order valence-electron chi connectivity index (χ0n) is 11.2. The van der Waals surface area contributed by atoms with Crippen LogP contribution in [0.15, 0.2) is 11.4 Å². The summed E-state index contributed by atoms with van der Waals surface area (Å²) in [6.07, 6.45) is 0.857. The minimum atomic E-state index is 0.119. The van der Waals surface area contributed by atoms with Gasteiger partial charge >= 0.3 is 6.03 Å². The molecular weight excluding hydrogens is 246 g/mol. The first-order chi connectivity index (χ1) is 8.56. The number of aryl methyl sites for hydroxylation is 1. The second-order valence-electron chi connectivity index (χ2n) is 4.96. The third kappa shape index (κ3) is 2.24. The van der Waals surface area contributed by atoms with E-state index < -0.39 is 0 Å². The number of amides is 2. The number of hydrogen-bond donors (Lipinski definition) is 1. The van der Waals surface area contributed by atoms with Crippen molar-refractivity contribution in [1.82, 2.24) is 9.80 Å². The van der Waals surface area contributed by atoms with Crippen molar-refractivity contribution in [2.24, 2.45) is 5.73 Å². The number of thiophene rings is 1. The van der Waals surface area contributed by atoms with Crippen LogP contribution < -0.4 is 5.73 Å². The smallest absolute Gasteiger partial charge is 0.320 e. The molecule has 1 aliphatic rings. The molecule has 1 aromatic rings. The van der Waals surface area contributed by atoms with Crippen LogP contribution >= 0.6 is 11.3 Å². The minimum absolute atomic E-state index is 0.119. The van der Waals surface area contributed by atoms with E-state index in [-0.39, 0.29) is 18.1 Å². The summed E-state index contributed by atoms with van der Waals surface area (Å²) >= 11 is 1.73. The largest absolute Gasteiger partial charge is 0.330 e. The number of likely N-dealkylation sites (N-methyl/N-ethyl adjacent to an activating group) is 1. The molecule has 4 nitrogen and oxygen atoms in total. The van der Waals surface area contributed by atoms with Crippen molar-refractivity contribution < 1.29 is 4.79 Å². The summed E-state index contributed by atoms with van der Waals surface area (Å²) in [6.45, 7) is 5.58. The molecule has 2 rings (SSSR count). The molecule has 2 N–H and O–H groups in total. The van der Waals surface area contributed by atoms with Crippen molar-refractivity contribution >= 4 is 17.4 Å². The van der Waals surface area contributed by atoms with E-state index in [0.717, 1.165) is 13.0 Å². The lowest BCUT2D eigenvalue weighted by Gasteiger charge is -2.23. The van der Waals surface area contributed by atoms with Gasteiger partial charge < -0.3 is 15.5 Å². The van der Waals surface area contributed by atoms with Crippen LogP contribution in [0.5, 0.6) is 0 Å². The van der Waals surface area contributed by atoms with Crippen LogP contribution in [-0.2, 0) is 0 Å². The number of urea groups is 1. The van der Waals surface area contributed by atoms with Crippen LogP contribution in [0.2, 0.25) is 0 Å². The molecule has 1 aromatic heterocycles. The fraction of sp³-hybridized carbons (Fsp3) is 0.615. The SMILES string of the molecule is Cc1ccsc1C1CN(C(C)CCN)C(=O)N1C. The van der Waals surface area contributed by atoms with Crippen LogP contribution in [0.1, 0.15) is 29.8 Å². The van der Waals surface area contributed by atoms with E-state index >= 15 is 0 Å². The zero-order valence-corrected chi connectivity index (χ0v) is 12.0. The maximum atomic E-state index is 12.3. The van der Waals surface area contributed by atoms with E-state index in [9.17, 15) is 4.79 Å². The van der Waals surface area contributed by atoms with E-state index in [2.05, 4.69) is 25.3 Å². The molecule has 5 heteroatoms. The lowest BCUT2D eigenvalue weighted by Crippen LogP contribution is -2.37. The van der Waals surface area contributed by atoms with E-state index in [0.29, 0.717) is 6.54 Å². The standard InChI is InChI=1S/C13H21N3OS/c1-9-5-7-18-12(9)11-8-16(10(2)4-6-14)13(17)15(11)3/h5,7,10-11H,4,6,8,14H2,1-3H3. The van der Waals surface area contributed by atoms with Gasteiger partial charge in [-0.25, -0.2) is 4.79 Å². The Morgan fingerprint density at radius 2 is 2.33 bits per heavy atom. The first-order valence-electron chi connectivity index (χ1n) is 6.33. The molecular formula is C13H21N3OS. The highest BCUT2D eigenvalue weighted by molar-refractivity contribution is 7.10. The molecule has 2 amide bonds. The van der Waals surface area contributed by atoms with Crippen molar-refractivity contribution in [2.75, 3.05) is 20.1 Å². The maximum absolute atomic E-state index is 12.3. The zero-order chi connectivity index (χ0) is 13.3. The molecule has 1 fully saturated rings. The summed E-state index contributed by atoms with van der Waals surface area (Å²) in [4.78, 5) is 17.3. The number of carbonyl (C=O) groups is 1. The van der Waals surface area contributed by atoms with E-state index in [1.54, 1.807) is 11.3 Å². The molecule has 2 unspecified atom stereocenters. The van der Waals surface area contributed by atoms with Gasteiger partial charge in [-0.1, -0.05) is 0 Å². The molecule has 0 saturated carbocycles. The van der Waals surface area contributed by atoms with Crippen LogP contribution in [0.3, 0.4) is 0 Å². The van der Waals surface area contributed by atoms with Gasteiger partial charge in [0.15, 0.2) is 0 Å². The van der Waals surface area contributed by atoms with Crippen molar-refractivity contribution in [3.05, 3.63) is 21.9 Å². The highest BCUT2D eigenvalue weighted by atomic mass is 32.1. The van der Waals surface area contributed by atoms with Gasteiger partial charge in [-0.05, 0) is 43.8 Å². The molecule has 1 saturated heterocycles. The average Bonchev–Trinajstić information content (AvgIpc) is 2.86. The molecule has 2 heterocycles. The fourth-order valence-electron chi connectivity index (χ4n) is 2.47. The minimum Gasteiger partial charge on any atom is -0.330 e. The van der Waals surface area contributed by atoms with Gasteiger partial charge in [0.1, 0.15) is 0 Å². The summed E-state index contributed by atoms with van der Waals surface area (Å²) < 4.78 is 0. The third-order valence-corrected chi connectivity index (χ3v) is 4.83. The molecule has 0 spiro atoms. The van der Waals surface area contributed by atoms with Gasteiger partial charge in [0.05, 0.1) is 6.04 Å². The lowest BCUT2D eigenvalue weighted by atomic mass is 10.1. The van der Waals surface area contributed by atoms with Gasteiger partial charge in [-0.3, -0.25) is 0 Å². The first kappa shape index (κ1) is 13.4. The van der Waals surface area contributed by atoms with Crippen LogP contribution in [0.25, 0.3) is 0 Å². The molecule has 100 valence electrons. The topological polar surface area (TPSA) is 49.6 Å². The van der Waals surface area contributed by atoms with Gasteiger partial charge in [0.25, 0.3) is 0 Å². The van der Waals surface area contributed by atoms with E-state index in [1.165, 1.54) is 10.4 Å². The lowest BCUT2D eigenvalue weighted by molar-refractivity contribution is 0.183. The quantitative estimate of drug-likeness (QED) is 0.909. The molecule has 0 aromatic carbocycles. The highest BCUT2D eigenvalue weighted by Gasteiger charge is 2.38. The van der Waals surface area contributed by atoms with Gasteiger partial charge in [-0.2, -0.15) is 0 Å². The van der Waals surface area contributed by atoms with E-state index in [1.807, 2.05) is 16.8 Å². The Morgan fingerprint density at radius 1 is 1.61 bits per heavy atom. The Hall–Kier alpha value is -1.07. The predicted octanol–water partition coefficient (Wildman–Crippen LogP) is 2.20. The first-order valence-corrected chi connectivity index (χ1v) is 7.21. The summed E-state index contributed by atoms with van der Waals surface area (Å²) in [5, 5.41) is 2.09. The van der Waals surface area contributed by atoms with E-state index in [4.69, 9.17) is 5.73 Å². The number of rotatable bonds is 4. The van der Waals surface area contributed by atoms with Crippen molar-refractivity contribution in [1.29, 1.82) is 0 Å². The average molecular weight is 267 g/mol. The number of hydrogen-bond acceptors (Lipinski definition) is 3. The summed E-state index contributed by atoms with van der Waals surface area (Å²) in [7, 11) is 1.89. The summed E-state index contributed by atoms with van der Waals surface area (Å²) in [6, 6.07) is 2.64. The Balaban J connectivity index is 2.17. The second kappa shape index (κ2) is 5.28. The van der Waals surface area contributed by atoms with Gasteiger partial charge in [0, 0.05) is 24.5 Å². The monoisotopic (exact) mass is 267 g/mol. The molecule has 0 bridgehead atoms. The molecule has 1 aliphatic heterocycles. The fourth-order valence-corrected chi connectivity index (χ4v) is 3.54. The predicted molar refractivity (Wildman–Crippen MR) is 74.8 cm³/mol. The molecule has 0 radical (unpaired) electrons. The second-order valence-corrected chi connectivity index (χ2v) is 5.90. The normalized spacial score (nSPS) is 21.8. The van der Waals surface area contributed by atoms with Gasteiger partial charge in [0.2, 0.25) is 0 Å². The Morgan fingerprint density at radius 3 is 2.89 bits per heavy atom. The van der Waals surface area contributed by atoms with Crippen molar-refractivity contribution in [3.8, 4) is 0 Å². The van der Waals surface area contributed by atoms with Crippen molar-refractivity contribution in [2.45, 2.75) is 32.4 Å². The summed E-state index contributed by atoms with van der Waals surface area (Å²) in [5.74, 6) is 0. The summed E-state index contributed by atoms with van der Waals surface area (Å²) in [5.41, 5.74) is 6.86. The number of carbonyl (C=O) groups excluding carboxylic acids is 1. The Bertz CT molecular complexity index is 432. The Kier molecular flexibility index (Phi) is 3.92. The number of nitrogens with zero attached hydrogens (tertiary/aromatic N) is 2. The molecule has 0 aliphatic carbocycles. The van der Waals surface area contributed by atoms with Crippen LogP contribution in [0.4, 0.5) is 4.79 Å². The van der Waals surface area contributed by atoms with Crippen molar-refractivity contribution in [3.63, 3.8) is 0 Å². The maximum Gasteiger partial charge on any atom is 0.320 e. The number of nitrogens with two attached hydrogens (primary N) is 1. The molecule has 2 atom stereocenters.